The number of hydrogen-bond acceptors (Lipinski definition) is 5. The van der Waals surface area contributed by atoms with Crippen LogP contribution in [0.2, 0.25) is 0 Å². The Labute approximate surface area is 150 Å². The fourth-order valence-electron chi connectivity index (χ4n) is 1.57. The Morgan fingerprint density at radius 3 is 2.45 bits per heavy atom. The summed E-state index contributed by atoms with van der Waals surface area (Å²) in [6.45, 7) is 0. The van der Waals surface area contributed by atoms with E-state index in [2.05, 4.69) is 20.0 Å². The molecule has 0 heterocycles. The molecule has 0 radical (unpaired) electrons. The van der Waals surface area contributed by atoms with Crippen LogP contribution in [0, 0.1) is 9.39 Å². The zero-order valence-electron chi connectivity index (χ0n) is 11.0. The van der Waals surface area contributed by atoms with Crippen LogP contribution >= 0.6 is 46.9 Å². The van der Waals surface area contributed by atoms with Gasteiger partial charge in [-0.05, 0) is 77.3 Å². The molecule has 2 rings (SSSR count). The van der Waals surface area contributed by atoms with Gasteiger partial charge >= 0.3 is 0 Å². The molecule has 0 aliphatic rings. The summed E-state index contributed by atoms with van der Waals surface area (Å²) in [5, 5.41) is 6.30. The minimum atomic E-state index is -0.319. The van der Waals surface area contributed by atoms with Gasteiger partial charge in [-0.1, -0.05) is 0 Å². The van der Waals surface area contributed by atoms with Gasteiger partial charge in [-0.3, -0.25) is 0 Å². The van der Waals surface area contributed by atoms with E-state index in [-0.39, 0.29) is 5.82 Å². The van der Waals surface area contributed by atoms with Crippen LogP contribution in [0.25, 0.3) is 0 Å². The minimum absolute atomic E-state index is 0.319. The molecule has 9 heteroatoms. The molecule has 0 saturated carbocycles. The zero-order valence-corrected chi connectivity index (χ0v) is 14.8. The Balaban J connectivity index is 1.93. The van der Waals surface area contributed by atoms with Gasteiger partial charge in [-0.15, -0.1) is 9.32 Å². The van der Waals surface area contributed by atoms with Crippen LogP contribution in [0.5, 0.6) is 0 Å². The third kappa shape index (κ3) is 5.66. The van der Waals surface area contributed by atoms with Crippen LogP contribution in [0.15, 0.2) is 47.4 Å². The molecule has 0 aliphatic heterocycles. The number of nitrogens with one attached hydrogen (secondary N) is 2. The van der Waals surface area contributed by atoms with Crippen molar-refractivity contribution in [3.8, 4) is 0 Å². The quantitative estimate of drug-likeness (QED) is 0.208. The summed E-state index contributed by atoms with van der Waals surface area (Å²) in [5.41, 5.74) is 1.36. The lowest BCUT2D eigenvalue weighted by molar-refractivity contribution is -0.195. The standard InChI is InChI=1S/C13H11FIN3O2S2/c14-8-5-9(15)7-11(6-8)18-13(21)17-10-1-3-12(4-2-10)22-20-19-16/h1-7H,16H2,(H2,17,18,21). The van der Waals surface area contributed by atoms with E-state index >= 15 is 0 Å². The summed E-state index contributed by atoms with van der Waals surface area (Å²) in [5.74, 6) is 4.44. The Bertz CT molecular complexity index is 638. The first-order valence-electron chi connectivity index (χ1n) is 5.91. The molecule has 2 aromatic carbocycles. The highest BCUT2D eigenvalue weighted by molar-refractivity contribution is 14.1. The van der Waals surface area contributed by atoms with Gasteiger partial charge in [0.1, 0.15) is 5.82 Å². The molecule has 0 unspecified atom stereocenters. The molecule has 116 valence electrons. The maximum atomic E-state index is 13.3. The SMILES string of the molecule is NOOSc1ccc(NC(=S)Nc2cc(F)cc(I)c2)cc1. The molecule has 0 spiro atoms. The van der Waals surface area contributed by atoms with Crippen molar-refractivity contribution in [1.82, 2.24) is 0 Å². The monoisotopic (exact) mass is 451 g/mol. The Morgan fingerprint density at radius 1 is 1.14 bits per heavy atom. The van der Waals surface area contributed by atoms with Gasteiger partial charge in [-0.25, -0.2) is 4.39 Å². The molecule has 0 fully saturated rings. The molecule has 0 aliphatic carbocycles. The topological polar surface area (TPSA) is 68.5 Å². The molecule has 0 saturated heterocycles. The van der Waals surface area contributed by atoms with E-state index < -0.39 is 0 Å². The largest absolute Gasteiger partial charge is 0.332 e. The van der Waals surface area contributed by atoms with Crippen molar-refractivity contribution in [1.29, 1.82) is 0 Å². The molecular formula is C13H11FIN3O2S2. The highest BCUT2D eigenvalue weighted by Crippen LogP contribution is 2.21. The first kappa shape index (κ1) is 17.4. The van der Waals surface area contributed by atoms with E-state index in [9.17, 15) is 4.39 Å². The van der Waals surface area contributed by atoms with Crippen molar-refractivity contribution in [3.63, 3.8) is 0 Å². The Morgan fingerprint density at radius 2 is 1.82 bits per heavy atom. The van der Waals surface area contributed by atoms with Gasteiger partial charge in [0.05, 0.1) is 12.0 Å². The number of benzene rings is 2. The third-order valence-corrected chi connectivity index (χ3v) is 3.84. The van der Waals surface area contributed by atoms with Crippen molar-refractivity contribution in [2.24, 2.45) is 5.90 Å². The molecule has 0 amide bonds. The Kier molecular flexibility index (Phi) is 6.79. The molecule has 5 nitrogen and oxygen atoms in total. The van der Waals surface area contributed by atoms with Crippen LogP contribution < -0.4 is 16.5 Å². The van der Waals surface area contributed by atoms with Crippen molar-refractivity contribution in [3.05, 3.63) is 51.9 Å². The summed E-state index contributed by atoms with van der Waals surface area (Å²) < 4.78 is 18.6. The number of nitrogens with two attached hydrogens (primary N) is 1. The highest BCUT2D eigenvalue weighted by atomic mass is 127. The van der Waals surface area contributed by atoms with Crippen LogP contribution in [0.1, 0.15) is 0 Å². The molecule has 22 heavy (non-hydrogen) atoms. The smallest absolute Gasteiger partial charge is 0.175 e. The third-order valence-electron chi connectivity index (χ3n) is 2.40. The second kappa shape index (κ2) is 8.60. The molecule has 2 aromatic rings. The van der Waals surface area contributed by atoms with Crippen LogP contribution in [0.4, 0.5) is 15.8 Å². The predicted molar refractivity (Wildman–Crippen MR) is 97.6 cm³/mol. The van der Waals surface area contributed by atoms with Crippen LogP contribution in [-0.4, -0.2) is 5.11 Å². The maximum absolute atomic E-state index is 13.3. The van der Waals surface area contributed by atoms with Crippen LogP contribution in [-0.2, 0) is 9.32 Å². The summed E-state index contributed by atoms with van der Waals surface area (Å²) in [6, 6.07) is 11.8. The van der Waals surface area contributed by atoms with Crippen molar-refractivity contribution in [2.75, 3.05) is 10.6 Å². The normalized spacial score (nSPS) is 10.3. The Hall–Kier alpha value is -0.980. The lowest BCUT2D eigenvalue weighted by Crippen LogP contribution is -2.19. The lowest BCUT2D eigenvalue weighted by Gasteiger charge is -2.11. The fourth-order valence-corrected chi connectivity index (χ4v) is 2.81. The van der Waals surface area contributed by atoms with E-state index in [1.54, 1.807) is 18.2 Å². The minimum Gasteiger partial charge on any atom is -0.332 e. The van der Waals surface area contributed by atoms with Crippen molar-refractivity contribution >= 4 is 63.3 Å². The lowest BCUT2D eigenvalue weighted by atomic mass is 10.3. The second-order valence-corrected chi connectivity index (χ2v) is 6.44. The average molecular weight is 451 g/mol. The zero-order chi connectivity index (χ0) is 15.9. The summed E-state index contributed by atoms with van der Waals surface area (Å²) >= 11 is 8.22. The molecule has 0 atom stereocenters. The van der Waals surface area contributed by atoms with E-state index in [0.29, 0.717) is 10.8 Å². The summed E-state index contributed by atoms with van der Waals surface area (Å²) in [4.78, 5) is 4.83. The van der Waals surface area contributed by atoms with Gasteiger partial charge in [0, 0.05) is 19.8 Å². The molecule has 4 N–H and O–H groups in total. The highest BCUT2D eigenvalue weighted by Gasteiger charge is 2.03. The molecular weight excluding hydrogens is 440 g/mol. The average Bonchev–Trinajstić information content (AvgIpc) is 2.45. The number of halogens is 2. The maximum Gasteiger partial charge on any atom is 0.175 e. The summed E-state index contributed by atoms with van der Waals surface area (Å²) in [7, 11) is 0. The fraction of sp³-hybridized carbons (Fsp3) is 0. The van der Waals surface area contributed by atoms with E-state index in [1.807, 2.05) is 34.7 Å². The van der Waals surface area contributed by atoms with Gasteiger partial charge in [0.2, 0.25) is 0 Å². The number of rotatable bonds is 5. The van der Waals surface area contributed by atoms with E-state index in [4.69, 9.17) is 18.1 Å². The van der Waals surface area contributed by atoms with Crippen molar-refractivity contribution < 1.29 is 13.7 Å². The van der Waals surface area contributed by atoms with Gasteiger partial charge < -0.3 is 10.6 Å². The van der Waals surface area contributed by atoms with Gasteiger partial charge in [-0.2, -0.15) is 5.90 Å². The van der Waals surface area contributed by atoms with Gasteiger partial charge in [0.25, 0.3) is 0 Å². The number of anilines is 2. The summed E-state index contributed by atoms with van der Waals surface area (Å²) in [6.07, 6.45) is 0. The molecule has 0 aromatic heterocycles. The predicted octanol–water partition coefficient (Wildman–Crippen LogP) is 4.07. The molecule has 0 bridgehead atoms. The van der Waals surface area contributed by atoms with Crippen molar-refractivity contribution in [2.45, 2.75) is 4.90 Å². The van der Waals surface area contributed by atoms with E-state index in [0.717, 1.165) is 26.2 Å². The van der Waals surface area contributed by atoms with Crippen LogP contribution in [0.3, 0.4) is 0 Å². The number of thiocarbonyl (C=S) groups is 1. The first-order chi connectivity index (χ1) is 10.6. The second-order valence-electron chi connectivity index (χ2n) is 4.01. The van der Waals surface area contributed by atoms with E-state index in [1.165, 1.54) is 12.1 Å². The first-order valence-corrected chi connectivity index (χ1v) is 8.14. The number of hydrogen-bond donors (Lipinski definition) is 3. The van der Waals surface area contributed by atoms with Gasteiger partial charge in [0.15, 0.2) is 5.11 Å².